The van der Waals surface area contributed by atoms with Gasteiger partial charge in [0.25, 0.3) is 10.0 Å². The first-order chi connectivity index (χ1) is 5.93. The SMILES string of the molecule is Cc1cn[nH]c1NS(=O)(=O)C(F)F. The van der Waals surface area contributed by atoms with Gasteiger partial charge in [0.2, 0.25) is 0 Å². The van der Waals surface area contributed by atoms with E-state index in [1.807, 2.05) is 0 Å². The molecule has 0 atom stereocenters. The zero-order valence-corrected chi connectivity index (χ0v) is 7.40. The maximum atomic E-state index is 11.9. The van der Waals surface area contributed by atoms with Gasteiger partial charge >= 0.3 is 5.76 Å². The van der Waals surface area contributed by atoms with Crippen LogP contribution in [0.5, 0.6) is 0 Å². The molecule has 5 nitrogen and oxygen atoms in total. The van der Waals surface area contributed by atoms with Crippen LogP contribution in [0.1, 0.15) is 5.56 Å². The third kappa shape index (κ3) is 2.14. The number of anilines is 1. The second-order valence-corrected chi connectivity index (χ2v) is 3.99. The molecule has 0 aliphatic carbocycles. The van der Waals surface area contributed by atoms with Gasteiger partial charge < -0.3 is 0 Å². The van der Waals surface area contributed by atoms with Gasteiger partial charge in [0, 0.05) is 5.56 Å². The minimum Gasteiger partial charge on any atom is -0.263 e. The topological polar surface area (TPSA) is 74.8 Å². The molecule has 8 heteroatoms. The monoisotopic (exact) mass is 211 g/mol. The maximum Gasteiger partial charge on any atom is 0.355 e. The normalized spacial score (nSPS) is 12.0. The van der Waals surface area contributed by atoms with Crippen LogP contribution in [0.25, 0.3) is 0 Å². The lowest BCUT2D eigenvalue weighted by Gasteiger charge is -2.04. The summed E-state index contributed by atoms with van der Waals surface area (Å²) < 4.78 is 46.7. The fourth-order valence-electron chi connectivity index (χ4n) is 0.636. The van der Waals surface area contributed by atoms with Crippen molar-refractivity contribution < 1.29 is 17.2 Å². The highest BCUT2D eigenvalue weighted by Gasteiger charge is 2.24. The molecule has 13 heavy (non-hydrogen) atoms. The number of aromatic amines is 1. The van der Waals surface area contributed by atoms with Crippen molar-refractivity contribution in [3.8, 4) is 0 Å². The molecule has 0 aliphatic rings. The first-order valence-corrected chi connectivity index (χ1v) is 4.78. The number of nitrogens with zero attached hydrogens (tertiary/aromatic N) is 1. The zero-order valence-electron chi connectivity index (χ0n) is 6.58. The van der Waals surface area contributed by atoms with Gasteiger partial charge in [0.15, 0.2) is 0 Å². The molecule has 74 valence electrons. The van der Waals surface area contributed by atoms with Crippen molar-refractivity contribution >= 4 is 15.8 Å². The standard InChI is InChI=1S/C5H7F2N3O2S/c1-3-2-8-9-4(3)10-13(11,12)5(6)7/h2,5H,1H3,(H2,8,9,10). The Morgan fingerprint density at radius 3 is 2.62 bits per heavy atom. The maximum absolute atomic E-state index is 11.9. The third-order valence-corrected chi connectivity index (χ3v) is 2.27. The zero-order chi connectivity index (χ0) is 10.1. The summed E-state index contributed by atoms with van der Waals surface area (Å²) in [5.41, 5.74) is 0.448. The van der Waals surface area contributed by atoms with Crippen LogP contribution < -0.4 is 4.72 Å². The molecule has 0 bridgehead atoms. The molecular weight excluding hydrogens is 204 g/mol. The van der Waals surface area contributed by atoms with Gasteiger partial charge in [-0.15, -0.1) is 0 Å². The summed E-state index contributed by atoms with van der Waals surface area (Å²) in [7, 11) is -4.60. The number of alkyl halides is 2. The number of halogens is 2. The number of sulfonamides is 1. The van der Waals surface area contributed by atoms with Crippen LogP contribution in [0.4, 0.5) is 14.6 Å². The molecule has 0 amide bonds. The highest BCUT2D eigenvalue weighted by atomic mass is 32.2. The fourth-order valence-corrected chi connectivity index (χ4v) is 1.22. The summed E-state index contributed by atoms with van der Waals surface area (Å²) in [6.45, 7) is 1.53. The Hall–Kier alpha value is -1.18. The molecule has 0 saturated carbocycles. The molecule has 2 N–H and O–H groups in total. The Bertz CT molecular complexity index is 386. The van der Waals surface area contributed by atoms with Crippen molar-refractivity contribution in [2.75, 3.05) is 4.72 Å². The van der Waals surface area contributed by atoms with Crippen LogP contribution in [0.3, 0.4) is 0 Å². The largest absolute Gasteiger partial charge is 0.355 e. The molecule has 0 spiro atoms. The number of nitrogens with one attached hydrogen (secondary N) is 2. The quantitative estimate of drug-likeness (QED) is 0.772. The molecule has 0 aromatic carbocycles. The van der Waals surface area contributed by atoms with Gasteiger partial charge in [-0.2, -0.15) is 13.9 Å². The van der Waals surface area contributed by atoms with Gasteiger partial charge in [-0.1, -0.05) is 0 Å². The Kier molecular flexibility index (Phi) is 2.50. The molecule has 1 rings (SSSR count). The van der Waals surface area contributed by atoms with Crippen LogP contribution >= 0.6 is 0 Å². The van der Waals surface area contributed by atoms with E-state index in [9.17, 15) is 17.2 Å². The van der Waals surface area contributed by atoms with Crippen molar-refractivity contribution in [3.05, 3.63) is 11.8 Å². The smallest absolute Gasteiger partial charge is 0.263 e. The van der Waals surface area contributed by atoms with E-state index in [1.165, 1.54) is 13.1 Å². The molecule has 1 aromatic heterocycles. The average Bonchev–Trinajstić information content (AvgIpc) is 2.35. The van der Waals surface area contributed by atoms with E-state index in [-0.39, 0.29) is 5.82 Å². The van der Waals surface area contributed by atoms with E-state index < -0.39 is 15.8 Å². The van der Waals surface area contributed by atoms with Gasteiger partial charge in [-0.05, 0) is 6.92 Å². The summed E-state index contributed by atoms with van der Waals surface area (Å²) in [5, 5.41) is 5.71. The van der Waals surface area contributed by atoms with Crippen LogP contribution in [0.15, 0.2) is 6.20 Å². The van der Waals surface area contributed by atoms with Crippen molar-refractivity contribution in [3.63, 3.8) is 0 Å². The van der Waals surface area contributed by atoms with Crippen LogP contribution in [-0.4, -0.2) is 24.4 Å². The fraction of sp³-hybridized carbons (Fsp3) is 0.400. The summed E-state index contributed by atoms with van der Waals surface area (Å²) in [5.74, 6) is -3.49. The summed E-state index contributed by atoms with van der Waals surface area (Å²) in [6.07, 6.45) is 1.32. The van der Waals surface area contributed by atoms with Crippen molar-refractivity contribution in [2.45, 2.75) is 12.7 Å². The van der Waals surface area contributed by atoms with Crippen molar-refractivity contribution in [1.29, 1.82) is 0 Å². The summed E-state index contributed by atoms with van der Waals surface area (Å²) in [4.78, 5) is 0. The number of hydrogen-bond acceptors (Lipinski definition) is 3. The van der Waals surface area contributed by atoms with Crippen LogP contribution in [-0.2, 0) is 10.0 Å². The van der Waals surface area contributed by atoms with E-state index in [1.54, 1.807) is 4.72 Å². The molecule has 0 aliphatic heterocycles. The van der Waals surface area contributed by atoms with Gasteiger partial charge in [0.05, 0.1) is 6.20 Å². The van der Waals surface area contributed by atoms with E-state index in [0.717, 1.165) is 0 Å². The Morgan fingerprint density at radius 2 is 2.23 bits per heavy atom. The number of rotatable bonds is 3. The number of aromatic nitrogens is 2. The number of aryl methyl sites for hydroxylation is 1. The summed E-state index contributed by atoms with van der Waals surface area (Å²) in [6, 6.07) is 0. The highest BCUT2D eigenvalue weighted by Crippen LogP contribution is 2.14. The van der Waals surface area contributed by atoms with Crippen LogP contribution in [0.2, 0.25) is 0 Å². The molecule has 1 aromatic rings. The molecule has 0 saturated heterocycles. The lowest BCUT2D eigenvalue weighted by molar-refractivity contribution is 0.236. The lowest BCUT2D eigenvalue weighted by atomic mass is 10.4. The third-order valence-electron chi connectivity index (χ3n) is 1.31. The number of H-pyrrole nitrogens is 1. The first-order valence-electron chi connectivity index (χ1n) is 3.23. The molecule has 0 radical (unpaired) electrons. The van der Waals surface area contributed by atoms with Crippen molar-refractivity contribution in [1.82, 2.24) is 10.2 Å². The Labute approximate surface area is 73.2 Å². The number of hydrogen-bond donors (Lipinski definition) is 2. The minimum atomic E-state index is -4.60. The van der Waals surface area contributed by atoms with Gasteiger partial charge in [-0.3, -0.25) is 9.82 Å². The highest BCUT2D eigenvalue weighted by molar-refractivity contribution is 7.92. The molecule has 0 fully saturated rings. The van der Waals surface area contributed by atoms with Gasteiger partial charge in [-0.25, -0.2) is 8.42 Å². The predicted octanol–water partition coefficient (Wildman–Crippen LogP) is 0.682. The predicted molar refractivity (Wildman–Crippen MR) is 41.9 cm³/mol. The lowest BCUT2D eigenvalue weighted by Crippen LogP contribution is -2.21. The van der Waals surface area contributed by atoms with Gasteiger partial charge in [0.1, 0.15) is 5.82 Å². The molecule has 0 unspecified atom stereocenters. The van der Waals surface area contributed by atoms with E-state index >= 15 is 0 Å². The molecule has 1 heterocycles. The van der Waals surface area contributed by atoms with E-state index in [2.05, 4.69) is 10.2 Å². The Balaban J connectivity index is 2.88. The van der Waals surface area contributed by atoms with Crippen molar-refractivity contribution in [2.24, 2.45) is 0 Å². The Morgan fingerprint density at radius 1 is 1.62 bits per heavy atom. The second kappa shape index (κ2) is 3.29. The molecular formula is C5H7F2N3O2S. The van der Waals surface area contributed by atoms with Crippen LogP contribution in [0, 0.1) is 6.92 Å². The van der Waals surface area contributed by atoms with E-state index in [4.69, 9.17) is 0 Å². The first kappa shape index (κ1) is 9.90. The average molecular weight is 211 g/mol. The minimum absolute atomic E-state index is 0.0414. The van der Waals surface area contributed by atoms with E-state index in [0.29, 0.717) is 5.56 Å². The summed E-state index contributed by atoms with van der Waals surface area (Å²) >= 11 is 0. The second-order valence-electron chi connectivity index (χ2n) is 2.34.